The summed E-state index contributed by atoms with van der Waals surface area (Å²) in [5, 5.41) is 31.3. The minimum atomic E-state index is -1.51. The normalized spacial score (nSPS) is 20.2. The van der Waals surface area contributed by atoms with Gasteiger partial charge in [-0.3, -0.25) is 14.4 Å². The van der Waals surface area contributed by atoms with Gasteiger partial charge in [0.1, 0.15) is 24.2 Å². The third-order valence-corrected chi connectivity index (χ3v) is 4.33. The molecule has 0 saturated carbocycles. The van der Waals surface area contributed by atoms with Crippen molar-refractivity contribution < 1.29 is 34.5 Å². The van der Waals surface area contributed by atoms with Crippen molar-refractivity contribution in [3.05, 3.63) is 0 Å². The molecule has 1 saturated heterocycles. The van der Waals surface area contributed by atoms with E-state index in [0.717, 1.165) is 0 Å². The highest BCUT2D eigenvalue weighted by Gasteiger charge is 2.37. The number of nitrogens with zero attached hydrogens (tertiary/aromatic N) is 1. The van der Waals surface area contributed by atoms with Gasteiger partial charge in [0.15, 0.2) is 0 Å². The minimum absolute atomic E-state index is 0.119. The van der Waals surface area contributed by atoms with Crippen LogP contribution in [0.15, 0.2) is 0 Å². The van der Waals surface area contributed by atoms with E-state index in [1.165, 1.54) is 4.90 Å². The van der Waals surface area contributed by atoms with E-state index in [4.69, 9.17) is 21.1 Å². The molecule has 0 spiro atoms. The van der Waals surface area contributed by atoms with Crippen molar-refractivity contribution in [2.24, 2.45) is 5.73 Å². The highest BCUT2D eigenvalue weighted by Crippen LogP contribution is 2.18. The lowest BCUT2D eigenvalue weighted by Gasteiger charge is -2.27. The van der Waals surface area contributed by atoms with Crippen LogP contribution in [0.3, 0.4) is 0 Å². The molecule has 0 aromatic heterocycles. The van der Waals surface area contributed by atoms with Gasteiger partial charge in [-0.1, -0.05) is 0 Å². The van der Waals surface area contributed by atoms with Gasteiger partial charge in [0.2, 0.25) is 17.7 Å². The van der Waals surface area contributed by atoms with Gasteiger partial charge in [-0.05, 0) is 12.8 Å². The number of carboxylic acids is 1. The van der Waals surface area contributed by atoms with Crippen molar-refractivity contribution in [2.75, 3.05) is 25.5 Å². The molecule has 1 rings (SSSR count). The summed E-state index contributed by atoms with van der Waals surface area (Å²) < 4.78 is 0. The molecular weight excluding hydrogens is 368 g/mol. The molecule has 0 bridgehead atoms. The van der Waals surface area contributed by atoms with Gasteiger partial charge in [0.25, 0.3) is 0 Å². The van der Waals surface area contributed by atoms with Crippen LogP contribution in [-0.2, 0) is 19.2 Å². The molecule has 0 radical (unpaired) electrons. The number of aliphatic carboxylic acids is 1. The second-order valence-electron chi connectivity index (χ2n) is 5.80. The number of thiol groups is 1. The molecule has 12 heteroatoms. The fourth-order valence-corrected chi connectivity index (χ4v) is 2.77. The first kappa shape index (κ1) is 22.2. The average Bonchev–Trinajstić information content (AvgIpc) is 3.11. The predicted octanol–water partition coefficient (Wildman–Crippen LogP) is -3.73. The largest absolute Gasteiger partial charge is 0.480 e. The smallest absolute Gasteiger partial charge is 0.328 e. The van der Waals surface area contributed by atoms with Gasteiger partial charge in [0.05, 0.1) is 13.2 Å². The van der Waals surface area contributed by atoms with Crippen molar-refractivity contribution in [3.63, 3.8) is 0 Å². The SMILES string of the molecule is NC(CO)C(=O)N1CCCC1C(=O)NC(CS)C(=O)NC(CO)C(=O)O. The van der Waals surface area contributed by atoms with Gasteiger partial charge in [-0.25, -0.2) is 4.79 Å². The summed E-state index contributed by atoms with van der Waals surface area (Å²) in [7, 11) is 0. The van der Waals surface area contributed by atoms with Crippen molar-refractivity contribution in [1.82, 2.24) is 15.5 Å². The molecular formula is C14H24N4O7S. The first-order valence-corrected chi connectivity index (χ1v) is 8.62. The summed E-state index contributed by atoms with van der Waals surface area (Å²) in [4.78, 5) is 48.8. The summed E-state index contributed by atoms with van der Waals surface area (Å²) in [6.45, 7) is -1.06. The standard InChI is InChI=1S/C14H24N4O7S/c15-7(4-19)13(23)18-3-1-2-10(18)12(22)17-9(6-26)11(21)16-8(5-20)14(24)25/h7-10,19-20,26H,1-6,15H2,(H,16,21)(H,17,22)(H,24,25). The maximum absolute atomic E-state index is 12.4. The molecule has 1 aliphatic rings. The van der Waals surface area contributed by atoms with E-state index < -0.39 is 61.1 Å². The third-order valence-electron chi connectivity index (χ3n) is 3.97. The number of rotatable bonds is 9. The van der Waals surface area contributed by atoms with E-state index in [2.05, 4.69) is 23.3 Å². The molecule has 11 nitrogen and oxygen atoms in total. The van der Waals surface area contributed by atoms with E-state index in [-0.39, 0.29) is 5.75 Å². The molecule has 0 aromatic rings. The Morgan fingerprint density at radius 1 is 1.15 bits per heavy atom. The Bertz CT molecular complexity index is 547. The molecule has 148 valence electrons. The quantitative estimate of drug-likeness (QED) is 0.195. The first-order valence-electron chi connectivity index (χ1n) is 7.99. The monoisotopic (exact) mass is 392 g/mol. The highest BCUT2D eigenvalue weighted by molar-refractivity contribution is 7.80. The van der Waals surface area contributed by atoms with Gasteiger partial charge < -0.3 is 36.6 Å². The number of nitrogens with two attached hydrogens (primary N) is 1. The Balaban J connectivity index is 2.74. The van der Waals surface area contributed by atoms with E-state index in [0.29, 0.717) is 19.4 Å². The van der Waals surface area contributed by atoms with Crippen LogP contribution in [0.5, 0.6) is 0 Å². The molecule has 0 aromatic carbocycles. The van der Waals surface area contributed by atoms with Crippen LogP contribution in [0.2, 0.25) is 0 Å². The van der Waals surface area contributed by atoms with Crippen LogP contribution in [0.25, 0.3) is 0 Å². The second kappa shape index (κ2) is 10.3. The average molecular weight is 392 g/mol. The Morgan fingerprint density at radius 3 is 2.31 bits per heavy atom. The molecule has 4 unspecified atom stereocenters. The number of likely N-dealkylation sites (tertiary alicyclic amines) is 1. The summed E-state index contributed by atoms with van der Waals surface area (Å²) >= 11 is 3.97. The lowest BCUT2D eigenvalue weighted by molar-refractivity contribution is -0.144. The summed E-state index contributed by atoms with van der Waals surface area (Å²) in [5.41, 5.74) is 5.50. The summed E-state index contributed by atoms with van der Waals surface area (Å²) in [6, 6.07) is -4.63. The van der Waals surface area contributed by atoms with Crippen LogP contribution < -0.4 is 16.4 Å². The van der Waals surface area contributed by atoms with Crippen LogP contribution in [0, 0.1) is 0 Å². The van der Waals surface area contributed by atoms with E-state index in [9.17, 15) is 19.2 Å². The topological polar surface area (TPSA) is 182 Å². The van der Waals surface area contributed by atoms with E-state index in [1.54, 1.807) is 0 Å². The molecule has 1 aliphatic heterocycles. The number of aliphatic hydroxyl groups is 2. The number of carboxylic acid groups (broad SMARTS) is 1. The highest BCUT2D eigenvalue weighted by atomic mass is 32.1. The summed E-state index contributed by atoms with van der Waals surface area (Å²) in [5.74, 6) is -3.53. The number of carbonyl (C=O) groups is 4. The fourth-order valence-electron chi connectivity index (χ4n) is 2.51. The maximum atomic E-state index is 12.4. The molecule has 1 heterocycles. The maximum Gasteiger partial charge on any atom is 0.328 e. The van der Waals surface area contributed by atoms with E-state index >= 15 is 0 Å². The number of nitrogens with one attached hydrogen (secondary N) is 2. The molecule has 3 amide bonds. The molecule has 1 fully saturated rings. The molecule has 26 heavy (non-hydrogen) atoms. The number of hydrogen-bond donors (Lipinski definition) is 7. The zero-order valence-corrected chi connectivity index (χ0v) is 14.9. The number of aliphatic hydroxyl groups excluding tert-OH is 2. The van der Waals surface area contributed by atoms with Crippen LogP contribution in [0.1, 0.15) is 12.8 Å². The molecule has 0 aliphatic carbocycles. The van der Waals surface area contributed by atoms with Gasteiger partial charge in [0, 0.05) is 12.3 Å². The van der Waals surface area contributed by atoms with Crippen LogP contribution >= 0.6 is 12.6 Å². The minimum Gasteiger partial charge on any atom is -0.480 e. The number of hydrogen-bond acceptors (Lipinski definition) is 8. The Hall–Kier alpha value is -1.89. The van der Waals surface area contributed by atoms with Crippen LogP contribution in [0.4, 0.5) is 0 Å². The Morgan fingerprint density at radius 2 is 1.81 bits per heavy atom. The van der Waals surface area contributed by atoms with Crippen molar-refractivity contribution in [1.29, 1.82) is 0 Å². The van der Waals surface area contributed by atoms with E-state index in [1.807, 2.05) is 0 Å². The zero-order chi connectivity index (χ0) is 19.9. The number of carbonyl (C=O) groups excluding carboxylic acids is 3. The molecule has 7 N–H and O–H groups in total. The lowest BCUT2D eigenvalue weighted by Crippen LogP contribution is -2.57. The van der Waals surface area contributed by atoms with Crippen molar-refractivity contribution in [3.8, 4) is 0 Å². The summed E-state index contributed by atoms with van der Waals surface area (Å²) in [6.07, 6.45) is 0.927. The zero-order valence-electron chi connectivity index (χ0n) is 14.0. The van der Waals surface area contributed by atoms with Crippen molar-refractivity contribution >= 4 is 36.3 Å². The first-order chi connectivity index (χ1) is 12.3. The second-order valence-corrected chi connectivity index (χ2v) is 6.17. The van der Waals surface area contributed by atoms with Gasteiger partial charge in [-0.2, -0.15) is 12.6 Å². The number of amides is 3. The Labute approximate surface area is 155 Å². The predicted molar refractivity (Wildman–Crippen MR) is 92.2 cm³/mol. The fraction of sp³-hybridized carbons (Fsp3) is 0.714. The van der Waals surface area contributed by atoms with Gasteiger partial charge in [-0.15, -0.1) is 0 Å². The third kappa shape index (κ3) is 5.56. The van der Waals surface area contributed by atoms with Gasteiger partial charge >= 0.3 is 5.97 Å². The molecule has 4 atom stereocenters. The van der Waals surface area contributed by atoms with Crippen LogP contribution in [-0.4, -0.2) is 93.6 Å². The lowest BCUT2D eigenvalue weighted by atomic mass is 10.1. The Kier molecular flexibility index (Phi) is 8.78. The van der Waals surface area contributed by atoms with Crippen molar-refractivity contribution in [2.45, 2.75) is 37.0 Å².